The molecule has 1 spiro atoms. The number of nitrogens with one attached hydrogen (secondary N) is 1. The molecule has 2 fully saturated rings. The fraction of sp³-hybridized carbons (Fsp3) is 0.316. The number of hydrogen-bond donors (Lipinski definition) is 1. The molecular formula is C38H41N3O3. The molecule has 2 saturated heterocycles. The average molecular weight is 588 g/mol. The van der Waals surface area contributed by atoms with E-state index in [2.05, 4.69) is 58.7 Å². The summed E-state index contributed by atoms with van der Waals surface area (Å²) in [5.74, 6) is -0.189. The molecule has 2 aliphatic rings. The summed E-state index contributed by atoms with van der Waals surface area (Å²) in [6, 6.07) is 40.3. The lowest BCUT2D eigenvalue weighted by molar-refractivity contribution is -0.163. The van der Waals surface area contributed by atoms with Crippen molar-refractivity contribution in [3.8, 4) is 0 Å². The zero-order valence-electron chi connectivity index (χ0n) is 25.2. The van der Waals surface area contributed by atoms with Crippen LogP contribution in [0.5, 0.6) is 0 Å². The van der Waals surface area contributed by atoms with Crippen LogP contribution in [-0.2, 0) is 27.4 Å². The fourth-order valence-corrected chi connectivity index (χ4v) is 6.65. The predicted octanol–water partition coefficient (Wildman–Crippen LogP) is 5.44. The van der Waals surface area contributed by atoms with Crippen LogP contribution in [0.4, 0.5) is 0 Å². The van der Waals surface area contributed by atoms with Crippen LogP contribution in [0.3, 0.4) is 0 Å². The van der Waals surface area contributed by atoms with Crippen LogP contribution in [0.1, 0.15) is 41.0 Å². The number of piperidine rings is 1. The second-order valence-corrected chi connectivity index (χ2v) is 12.0. The first-order valence-corrected chi connectivity index (χ1v) is 15.7. The zero-order chi connectivity index (χ0) is 30.2. The molecule has 1 N–H and O–H groups in total. The van der Waals surface area contributed by atoms with Gasteiger partial charge in [0.05, 0.1) is 13.2 Å². The van der Waals surface area contributed by atoms with Gasteiger partial charge in [0.15, 0.2) is 0 Å². The third-order valence-electron chi connectivity index (χ3n) is 9.22. The maximum atomic E-state index is 14.4. The van der Waals surface area contributed by atoms with E-state index >= 15 is 0 Å². The van der Waals surface area contributed by atoms with Crippen LogP contribution in [0.15, 0.2) is 121 Å². The molecule has 0 aromatic heterocycles. The maximum Gasteiger partial charge on any atom is 0.248 e. The average Bonchev–Trinajstić information content (AvgIpc) is 3.08. The van der Waals surface area contributed by atoms with Crippen molar-refractivity contribution in [2.45, 2.75) is 43.4 Å². The highest BCUT2D eigenvalue weighted by Crippen LogP contribution is 2.37. The predicted molar refractivity (Wildman–Crippen MR) is 173 cm³/mol. The minimum atomic E-state index is -0.891. The normalized spacial score (nSPS) is 18.5. The van der Waals surface area contributed by atoms with E-state index < -0.39 is 11.6 Å². The van der Waals surface area contributed by atoms with Crippen molar-refractivity contribution >= 4 is 11.8 Å². The number of amides is 2. The molecular weight excluding hydrogens is 546 g/mol. The van der Waals surface area contributed by atoms with Crippen molar-refractivity contribution in [2.75, 3.05) is 32.8 Å². The van der Waals surface area contributed by atoms with E-state index in [1.807, 2.05) is 77.7 Å². The molecule has 0 aliphatic carbocycles. The Bertz CT molecular complexity index is 1450. The van der Waals surface area contributed by atoms with Crippen LogP contribution in [0.25, 0.3) is 0 Å². The molecule has 0 radical (unpaired) electrons. The van der Waals surface area contributed by atoms with E-state index in [1.54, 1.807) is 0 Å². The molecule has 4 aromatic carbocycles. The van der Waals surface area contributed by atoms with Crippen molar-refractivity contribution in [1.82, 2.24) is 15.1 Å². The number of piperazine rings is 1. The molecule has 2 aliphatic heterocycles. The SMILES string of the molecule is O=C1C(COCc2ccccc2)NC(=O)C2(CCN(CCc3ccccc3)CC2)N1CC(c1ccccc1)c1ccccc1. The maximum absolute atomic E-state index is 14.4. The topological polar surface area (TPSA) is 61.9 Å². The largest absolute Gasteiger partial charge is 0.374 e. The molecule has 6 rings (SSSR count). The van der Waals surface area contributed by atoms with Gasteiger partial charge >= 0.3 is 0 Å². The van der Waals surface area contributed by atoms with Gasteiger partial charge < -0.3 is 19.9 Å². The summed E-state index contributed by atoms with van der Waals surface area (Å²) in [5, 5.41) is 3.09. The van der Waals surface area contributed by atoms with Crippen LogP contribution < -0.4 is 5.32 Å². The number of hydrogen-bond acceptors (Lipinski definition) is 4. The molecule has 1 atom stereocenters. The van der Waals surface area contributed by atoms with E-state index in [-0.39, 0.29) is 24.3 Å². The number of nitrogens with zero attached hydrogens (tertiary/aromatic N) is 2. The minimum absolute atomic E-state index is 0.0620. The summed E-state index contributed by atoms with van der Waals surface area (Å²) in [5.41, 5.74) is 3.71. The summed E-state index contributed by atoms with van der Waals surface area (Å²) in [7, 11) is 0. The number of rotatable bonds is 11. The second-order valence-electron chi connectivity index (χ2n) is 12.0. The van der Waals surface area contributed by atoms with Gasteiger partial charge in [-0.25, -0.2) is 0 Å². The highest BCUT2D eigenvalue weighted by molar-refractivity contribution is 6.00. The van der Waals surface area contributed by atoms with Crippen molar-refractivity contribution in [2.24, 2.45) is 0 Å². The van der Waals surface area contributed by atoms with Gasteiger partial charge in [-0.15, -0.1) is 0 Å². The van der Waals surface area contributed by atoms with Crippen LogP contribution in [0.2, 0.25) is 0 Å². The van der Waals surface area contributed by atoms with E-state index in [0.717, 1.165) is 42.7 Å². The summed E-state index contributed by atoms with van der Waals surface area (Å²) >= 11 is 0. The number of likely N-dealkylation sites (tertiary alicyclic amines) is 1. The fourth-order valence-electron chi connectivity index (χ4n) is 6.65. The Morgan fingerprint density at radius 2 is 1.25 bits per heavy atom. The summed E-state index contributed by atoms with van der Waals surface area (Å²) in [6.07, 6.45) is 2.17. The van der Waals surface area contributed by atoms with Crippen molar-refractivity contribution in [1.29, 1.82) is 0 Å². The summed E-state index contributed by atoms with van der Waals surface area (Å²) < 4.78 is 6.00. The van der Waals surface area contributed by atoms with E-state index in [9.17, 15) is 9.59 Å². The molecule has 1 unspecified atom stereocenters. The summed E-state index contributed by atoms with van der Waals surface area (Å²) in [4.78, 5) is 32.9. The van der Waals surface area contributed by atoms with Gasteiger partial charge in [0.1, 0.15) is 11.6 Å². The Hall–Kier alpha value is -4.26. The van der Waals surface area contributed by atoms with Gasteiger partial charge in [-0.3, -0.25) is 9.59 Å². The first kappa shape index (κ1) is 29.8. The Balaban J connectivity index is 1.24. The zero-order valence-corrected chi connectivity index (χ0v) is 25.2. The Labute approximate surface area is 260 Å². The first-order valence-electron chi connectivity index (χ1n) is 15.7. The Morgan fingerprint density at radius 3 is 1.82 bits per heavy atom. The lowest BCUT2D eigenvalue weighted by Crippen LogP contribution is -2.74. The lowest BCUT2D eigenvalue weighted by atomic mass is 9.80. The van der Waals surface area contributed by atoms with Gasteiger partial charge in [-0.05, 0) is 41.5 Å². The van der Waals surface area contributed by atoms with Crippen LogP contribution in [0, 0.1) is 0 Å². The lowest BCUT2D eigenvalue weighted by Gasteiger charge is -2.52. The standard InChI is InChI=1S/C38H41N3O3/c42-36-35(29-44-28-31-15-7-2-8-16-31)39-37(43)38(22-25-40(26-23-38)24-21-30-13-5-1-6-14-30)41(36)27-34(32-17-9-3-10-18-32)33-19-11-4-12-20-33/h1-20,34-35H,21-29H2,(H,39,43). The van der Waals surface area contributed by atoms with Crippen LogP contribution in [-0.4, -0.2) is 66.0 Å². The van der Waals surface area contributed by atoms with Gasteiger partial charge in [-0.1, -0.05) is 121 Å². The summed E-state index contributed by atoms with van der Waals surface area (Å²) in [6.45, 7) is 3.41. The molecule has 4 aromatic rings. The minimum Gasteiger partial charge on any atom is -0.374 e. The monoisotopic (exact) mass is 587 g/mol. The van der Waals surface area contributed by atoms with Crippen molar-refractivity contribution in [3.63, 3.8) is 0 Å². The third kappa shape index (κ3) is 6.77. The van der Waals surface area contributed by atoms with Crippen LogP contribution >= 0.6 is 0 Å². The molecule has 226 valence electrons. The van der Waals surface area contributed by atoms with Gasteiger partial charge in [0.2, 0.25) is 11.8 Å². The Kier molecular flexibility index (Phi) is 9.49. The van der Waals surface area contributed by atoms with E-state index in [4.69, 9.17) is 4.74 Å². The molecule has 6 heteroatoms. The number of ether oxygens (including phenoxy) is 1. The second kappa shape index (κ2) is 14.0. The van der Waals surface area contributed by atoms with Crippen molar-refractivity contribution < 1.29 is 14.3 Å². The highest BCUT2D eigenvalue weighted by atomic mass is 16.5. The number of carbonyl (C=O) groups excluding carboxylic acids is 2. The van der Waals surface area contributed by atoms with Gasteiger partial charge in [0.25, 0.3) is 0 Å². The number of benzene rings is 4. The smallest absolute Gasteiger partial charge is 0.248 e. The quantitative estimate of drug-likeness (QED) is 0.254. The molecule has 44 heavy (non-hydrogen) atoms. The highest BCUT2D eigenvalue weighted by Gasteiger charge is 2.54. The molecule has 2 amide bonds. The number of carbonyl (C=O) groups is 2. The molecule has 0 bridgehead atoms. The van der Waals surface area contributed by atoms with E-state index in [1.165, 1.54) is 5.56 Å². The van der Waals surface area contributed by atoms with Gasteiger partial charge in [0, 0.05) is 32.1 Å². The molecule has 2 heterocycles. The molecule has 6 nitrogen and oxygen atoms in total. The van der Waals surface area contributed by atoms with E-state index in [0.29, 0.717) is 26.0 Å². The Morgan fingerprint density at radius 1 is 0.727 bits per heavy atom. The van der Waals surface area contributed by atoms with Gasteiger partial charge in [-0.2, -0.15) is 0 Å². The third-order valence-corrected chi connectivity index (χ3v) is 9.22. The molecule has 0 saturated carbocycles. The van der Waals surface area contributed by atoms with Crippen molar-refractivity contribution in [3.05, 3.63) is 144 Å². The first-order chi connectivity index (χ1) is 21.6.